The fraction of sp³-hybridized carbons (Fsp3) is 0.357. The summed E-state index contributed by atoms with van der Waals surface area (Å²) in [5, 5.41) is 9.19. The third-order valence-corrected chi connectivity index (χ3v) is 3.82. The molecule has 1 saturated heterocycles. The maximum atomic E-state index is 12.3. The molecular weight excluding hydrogens is 290 g/mol. The van der Waals surface area contributed by atoms with Gasteiger partial charge in [-0.05, 0) is 26.0 Å². The molecule has 0 unspecified atom stereocenters. The Morgan fingerprint density at radius 3 is 2.77 bits per heavy atom. The lowest BCUT2D eigenvalue weighted by Crippen LogP contribution is -2.63. The second-order valence-corrected chi connectivity index (χ2v) is 5.86. The summed E-state index contributed by atoms with van der Waals surface area (Å²) in [7, 11) is 0. The predicted molar refractivity (Wildman–Crippen MR) is 78.0 cm³/mol. The van der Waals surface area contributed by atoms with Crippen LogP contribution in [-0.2, 0) is 4.79 Å². The van der Waals surface area contributed by atoms with Gasteiger partial charge in [0.2, 0.25) is 5.91 Å². The van der Waals surface area contributed by atoms with Crippen molar-refractivity contribution in [2.24, 2.45) is 0 Å². The Labute approximate surface area is 124 Å². The molecule has 1 aromatic heterocycles. The first-order chi connectivity index (χ1) is 10.3. The molecule has 8 nitrogen and oxygen atoms in total. The van der Waals surface area contributed by atoms with Crippen molar-refractivity contribution in [3.63, 3.8) is 0 Å². The van der Waals surface area contributed by atoms with E-state index in [1.54, 1.807) is 32.0 Å². The number of nitrogens with one attached hydrogen (secondary N) is 1. The molecule has 0 aliphatic carbocycles. The van der Waals surface area contributed by atoms with Crippen LogP contribution in [0.15, 0.2) is 27.4 Å². The lowest BCUT2D eigenvalue weighted by molar-refractivity contribution is -0.123. The number of hydrogen-bond acceptors (Lipinski definition) is 4. The van der Waals surface area contributed by atoms with Gasteiger partial charge in [0.1, 0.15) is 6.54 Å². The van der Waals surface area contributed by atoms with E-state index in [-0.39, 0.29) is 19.0 Å². The van der Waals surface area contributed by atoms with Gasteiger partial charge in [-0.3, -0.25) is 14.7 Å². The quantitative estimate of drug-likeness (QED) is 0.824. The molecule has 1 aliphatic rings. The third kappa shape index (κ3) is 2.22. The number of aromatic amines is 1. The van der Waals surface area contributed by atoms with E-state index in [1.807, 2.05) is 0 Å². The molecule has 1 fully saturated rings. The molecule has 0 spiro atoms. The molecular formula is C14H15N3O5. The van der Waals surface area contributed by atoms with Crippen LogP contribution in [0.3, 0.4) is 0 Å². The predicted octanol–water partition coefficient (Wildman–Crippen LogP) is 1.23. The Balaban J connectivity index is 1.98. The number of carbonyl (C=O) groups excluding carboxylic acids is 1. The zero-order valence-corrected chi connectivity index (χ0v) is 12.1. The van der Waals surface area contributed by atoms with Gasteiger partial charge in [-0.1, -0.05) is 0 Å². The molecule has 1 aliphatic heterocycles. The fourth-order valence-corrected chi connectivity index (χ4v) is 2.66. The molecule has 116 valence electrons. The van der Waals surface area contributed by atoms with Crippen molar-refractivity contribution < 1.29 is 19.1 Å². The minimum Gasteiger partial charge on any atom is -0.465 e. The summed E-state index contributed by atoms with van der Waals surface area (Å²) in [5.74, 6) is -0.881. The monoisotopic (exact) mass is 305 g/mol. The molecule has 0 saturated carbocycles. The summed E-state index contributed by atoms with van der Waals surface area (Å²) in [6.07, 6.45) is -1.12. The van der Waals surface area contributed by atoms with E-state index in [4.69, 9.17) is 4.42 Å². The number of benzene rings is 1. The molecule has 3 rings (SSSR count). The standard InChI is InChI=1S/C14H15N3O5/c1-14(2)7-16(11(18)6-17(14)13(20)21)8-3-4-9-10(5-8)22-12(19)15-9/h3-5H,6-7H2,1-2H3,(H,15,19)(H,20,21). The van der Waals surface area contributed by atoms with Gasteiger partial charge in [-0.2, -0.15) is 0 Å². The first-order valence-electron chi connectivity index (χ1n) is 6.72. The average Bonchev–Trinajstić information content (AvgIpc) is 2.79. The highest BCUT2D eigenvalue weighted by molar-refractivity contribution is 5.98. The Kier molecular flexibility index (Phi) is 2.98. The number of fused-ring (bicyclic) bond motifs is 1. The second kappa shape index (κ2) is 4.62. The number of nitrogens with zero attached hydrogens (tertiary/aromatic N) is 2. The van der Waals surface area contributed by atoms with E-state index in [1.165, 1.54) is 4.90 Å². The number of rotatable bonds is 1. The molecule has 0 bridgehead atoms. The van der Waals surface area contributed by atoms with Gasteiger partial charge in [0.25, 0.3) is 0 Å². The molecule has 22 heavy (non-hydrogen) atoms. The van der Waals surface area contributed by atoms with Crippen LogP contribution in [0.5, 0.6) is 0 Å². The summed E-state index contributed by atoms with van der Waals surface area (Å²) in [5.41, 5.74) is 0.755. The molecule has 0 atom stereocenters. The maximum Gasteiger partial charge on any atom is 0.417 e. The lowest BCUT2D eigenvalue weighted by atomic mass is 9.98. The van der Waals surface area contributed by atoms with Gasteiger partial charge in [-0.25, -0.2) is 9.59 Å². The van der Waals surface area contributed by atoms with E-state index in [9.17, 15) is 19.5 Å². The Bertz CT molecular complexity index is 819. The van der Waals surface area contributed by atoms with Crippen LogP contribution < -0.4 is 10.7 Å². The summed E-state index contributed by atoms with van der Waals surface area (Å²) >= 11 is 0. The number of oxazole rings is 1. The SMILES string of the molecule is CC1(C)CN(c2ccc3[nH]c(=O)oc3c2)C(=O)CN1C(=O)O. The van der Waals surface area contributed by atoms with Gasteiger partial charge in [0, 0.05) is 18.3 Å². The van der Waals surface area contributed by atoms with Crippen molar-refractivity contribution in [1.29, 1.82) is 0 Å². The molecule has 8 heteroatoms. The Hall–Kier alpha value is -2.77. The number of carboxylic acid groups (broad SMARTS) is 1. The first-order valence-corrected chi connectivity index (χ1v) is 6.72. The van der Waals surface area contributed by atoms with Gasteiger partial charge in [0.15, 0.2) is 5.58 Å². The zero-order valence-electron chi connectivity index (χ0n) is 12.1. The van der Waals surface area contributed by atoms with Crippen LogP contribution in [0.2, 0.25) is 0 Å². The maximum absolute atomic E-state index is 12.3. The number of anilines is 1. The molecule has 0 radical (unpaired) electrons. The third-order valence-electron chi connectivity index (χ3n) is 3.82. The number of piperazine rings is 1. The summed E-state index contributed by atoms with van der Waals surface area (Å²) in [4.78, 5) is 39.8. The highest BCUT2D eigenvalue weighted by atomic mass is 16.4. The normalized spacial score (nSPS) is 18.0. The van der Waals surface area contributed by atoms with Crippen molar-refractivity contribution in [2.75, 3.05) is 18.0 Å². The minimum absolute atomic E-state index is 0.211. The number of amides is 2. The van der Waals surface area contributed by atoms with Crippen molar-refractivity contribution in [3.8, 4) is 0 Å². The fourth-order valence-electron chi connectivity index (χ4n) is 2.66. The Morgan fingerprint density at radius 1 is 1.36 bits per heavy atom. The Morgan fingerprint density at radius 2 is 2.09 bits per heavy atom. The smallest absolute Gasteiger partial charge is 0.417 e. The van der Waals surface area contributed by atoms with Crippen LogP contribution in [-0.4, -0.2) is 45.6 Å². The molecule has 1 aromatic carbocycles. The zero-order chi connectivity index (χ0) is 16.1. The number of H-pyrrole nitrogens is 1. The van der Waals surface area contributed by atoms with Crippen LogP contribution in [0, 0.1) is 0 Å². The topological polar surface area (TPSA) is 107 Å². The van der Waals surface area contributed by atoms with Gasteiger partial charge in [0.05, 0.1) is 11.1 Å². The van der Waals surface area contributed by atoms with Crippen molar-refractivity contribution in [3.05, 3.63) is 28.7 Å². The lowest BCUT2D eigenvalue weighted by Gasteiger charge is -2.45. The van der Waals surface area contributed by atoms with Crippen LogP contribution in [0.25, 0.3) is 11.1 Å². The van der Waals surface area contributed by atoms with E-state index in [0.29, 0.717) is 16.8 Å². The number of aromatic nitrogens is 1. The van der Waals surface area contributed by atoms with E-state index in [2.05, 4.69) is 4.98 Å². The number of carbonyl (C=O) groups is 2. The van der Waals surface area contributed by atoms with Crippen molar-refractivity contribution in [1.82, 2.24) is 9.88 Å². The van der Waals surface area contributed by atoms with Gasteiger partial charge >= 0.3 is 11.8 Å². The second-order valence-electron chi connectivity index (χ2n) is 5.86. The summed E-state index contributed by atoms with van der Waals surface area (Å²) in [6.45, 7) is 3.53. The summed E-state index contributed by atoms with van der Waals surface area (Å²) in [6, 6.07) is 4.94. The van der Waals surface area contributed by atoms with E-state index >= 15 is 0 Å². The number of hydrogen-bond donors (Lipinski definition) is 2. The molecule has 2 N–H and O–H groups in total. The largest absolute Gasteiger partial charge is 0.465 e. The first kappa shape index (κ1) is 14.2. The summed E-state index contributed by atoms with van der Waals surface area (Å²) < 4.78 is 4.99. The highest BCUT2D eigenvalue weighted by Crippen LogP contribution is 2.28. The molecule has 2 heterocycles. The van der Waals surface area contributed by atoms with E-state index in [0.717, 1.165) is 4.90 Å². The van der Waals surface area contributed by atoms with Gasteiger partial charge < -0.3 is 14.4 Å². The van der Waals surface area contributed by atoms with Crippen LogP contribution >= 0.6 is 0 Å². The van der Waals surface area contributed by atoms with Gasteiger partial charge in [-0.15, -0.1) is 0 Å². The minimum atomic E-state index is -1.12. The van der Waals surface area contributed by atoms with Crippen LogP contribution in [0.1, 0.15) is 13.8 Å². The molecule has 2 aromatic rings. The van der Waals surface area contributed by atoms with Crippen molar-refractivity contribution in [2.45, 2.75) is 19.4 Å². The van der Waals surface area contributed by atoms with Crippen LogP contribution in [0.4, 0.5) is 10.5 Å². The van der Waals surface area contributed by atoms with E-state index < -0.39 is 17.4 Å². The highest BCUT2D eigenvalue weighted by Gasteiger charge is 2.41. The average molecular weight is 305 g/mol. The molecule has 2 amide bonds. The van der Waals surface area contributed by atoms with Crippen molar-refractivity contribution >= 4 is 28.8 Å².